The van der Waals surface area contributed by atoms with Crippen LogP contribution in [0.4, 0.5) is 0 Å². The summed E-state index contributed by atoms with van der Waals surface area (Å²) in [6.07, 6.45) is 0. The van der Waals surface area contributed by atoms with E-state index in [2.05, 4.69) is 73.7 Å². The first-order valence-electron chi connectivity index (χ1n) is 8.35. The number of hydrogen-bond acceptors (Lipinski definition) is 8. The Hall–Kier alpha value is -0.0800. The summed E-state index contributed by atoms with van der Waals surface area (Å²) in [5, 5.41) is 2.02. The molecular weight excluding hydrogens is 724 g/mol. The average Bonchev–Trinajstić information content (AvgIpc) is 3.47. The quantitative estimate of drug-likeness (QED) is 0.178. The van der Waals surface area contributed by atoms with Crippen LogP contribution in [0.25, 0.3) is 51.2 Å². The number of thiazole rings is 2. The third-order valence-corrected chi connectivity index (χ3v) is 12.8. The fraction of sp³-hybridized carbons (Fsp3) is 0.111. The monoisotopic (exact) mass is 726 g/mol. The Morgan fingerprint density at radius 1 is 0.567 bits per heavy atom. The van der Waals surface area contributed by atoms with Crippen LogP contribution < -0.4 is 0 Å². The molecule has 0 aliphatic heterocycles. The van der Waals surface area contributed by atoms with Gasteiger partial charge < -0.3 is 8.83 Å². The van der Waals surface area contributed by atoms with Gasteiger partial charge in [-0.3, -0.25) is 0 Å². The first kappa shape index (κ1) is 20.5. The van der Waals surface area contributed by atoms with Gasteiger partial charge in [-0.05, 0) is 77.6 Å². The predicted molar refractivity (Wildman–Crippen MR) is 142 cm³/mol. The highest BCUT2D eigenvalue weighted by Gasteiger charge is 2.28. The van der Waals surface area contributed by atoms with E-state index in [9.17, 15) is 0 Å². The van der Waals surface area contributed by atoms with E-state index in [0.29, 0.717) is 0 Å². The van der Waals surface area contributed by atoms with Gasteiger partial charge in [-0.15, -0.1) is 45.3 Å². The van der Waals surface area contributed by atoms with Crippen LogP contribution in [0, 0.1) is 13.8 Å². The van der Waals surface area contributed by atoms with Crippen LogP contribution in [0.15, 0.2) is 27.0 Å². The Labute approximate surface area is 218 Å². The molecule has 0 radical (unpaired) electrons. The second-order valence-corrected chi connectivity index (χ2v) is 13.9. The van der Waals surface area contributed by atoms with Crippen LogP contribution in [-0.2, 0) is 0 Å². The fourth-order valence-corrected chi connectivity index (χ4v) is 11.2. The summed E-state index contributed by atoms with van der Waals surface area (Å²) in [5.41, 5.74) is 3.19. The van der Waals surface area contributed by atoms with E-state index in [1.807, 2.05) is 13.8 Å². The molecular formula is C18H6Br4N2O2S4. The van der Waals surface area contributed by atoms with Gasteiger partial charge in [-0.25, -0.2) is 9.97 Å². The van der Waals surface area contributed by atoms with Crippen LogP contribution in [0.2, 0.25) is 0 Å². The lowest BCUT2D eigenvalue weighted by Crippen LogP contribution is -1.69. The van der Waals surface area contributed by atoms with Crippen LogP contribution in [0.3, 0.4) is 0 Å². The zero-order valence-corrected chi connectivity index (χ0v) is 24.5. The van der Waals surface area contributed by atoms with E-state index in [1.54, 1.807) is 45.3 Å². The van der Waals surface area contributed by atoms with Crippen molar-refractivity contribution in [2.75, 3.05) is 0 Å². The Morgan fingerprint density at radius 2 is 0.967 bits per heavy atom. The highest BCUT2D eigenvalue weighted by molar-refractivity contribution is 9.11. The number of halogens is 4. The minimum absolute atomic E-state index is 0.785. The molecule has 0 spiro atoms. The van der Waals surface area contributed by atoms with Crippen molar-refractivity contribution < 1.29 is 8.83 Å². The largest absolute Gasteiger partial charge is 0.449 e. The fourth-order valence-electron chi connectivity index (χ4n) is 3.24. The van der Waals surface area contributed by atoms with Gasteiger partial charge in [0.25, 0.3) is 0 Å². The summed E-state index contributed by atoms with van der Waals surface area (Å²) < 4.78 is 18.2. The van der Waals surface area contributed by atoms with Crippen LogP contribution >= 0.6 is 109 Å². The smallest absolute Gasteiger partial charge is 0.192 e. The Balaban J connectivity index is 1.60. The van der Waals surface area contributed by atoms with E-state index >= 15 is 0 Å². The maximum atomic E-state index is 6.33. The van der Waals surface area contributed by atoms with Gasteiger partial charge in [0.2, 0.25) is 0 Å². The number of aryl methyl sites for hydroxylation is 2. The van der Waals surface area contributed by atoms with Gasteiger partial charge in [0, 0.05) is 0 Å². The maximum absolute atomic E-state index is 6.33. The van der Waals surface area contributed by atoms with Gasteiger partial charge >= 0.3 is 0 Å². The van der Waals surface area contributed by atoms with Crippen molar-refractivity contribution in [2.45, 2.75) is 13.8 Å². The lowest BCUT2D eigenvalue weighted by Gasteiger charge is -1.94. The number of rotatable bonds is 2. The molecule has 0 aliphatic rings. The van der Waals surface area contributed by atoms with E-state index in [4.69, 9.17) is 8.83 Å². The molecule has 0 unspecified atom stereocenters. The van der Waals surface area contributed by atoms with Crippen molar-refractivity contribution in [3.63, 3.8) is 0 Å². The number of nitrogens with zero attached hydrogens (tertiary/aromatic N) is 2. The van der Waals surface area contributed by atoms with Gasteiger partial charge in [0.15, 0.2) is 22.3 Å². The molecule has 0 N–H and O–H groups in total. The summed E-state index contributed by atoms with van der Waals surface area (Å²) in [7, 11) is 0. The molecule has 0 bridgehead atoms. The highest BCUT2D eigenvalue weighted by Crippen LogP contribution is 2.54. The standard InChI is InChI=1S/C18H6Br4N2O2S4/c1-3-23-17(21)15(27-3)11-5(19)7-13(29-11)9-10(25-7)14-8(26-9)6(20)12(30-14)16-18(22)24-4(2)28-16/h1-2H3. The second kappa shape index (κ2) is 7.21. The van der Waals surface area contributed by atoms with Crippen LogP contribution in [0.1, 0.15) is 10.0 Å². The molecule has 0 fully saturated rings. The molecule has 0 aliphatic carbocycles. The first-order valence-corrected chi connectivity index (χ1v) is 14.8. The second-order valence-electron chi connectivity index (χ2n) is 6.37. The number of aromatic nitrogens is 2. The molecule has 6 aromatic rings. The van der Waals surface area contributed by atoms with E-state index in [0.717, 1.165) is 79.4 Å². The maximum Gasteiger partial charge on any atom is 0.192 e. The van der Waals surface area contributed by atoms with Crippen molar-refractivity contribution in [3.8, 4) is 19.5 Å². The molecule has 0 saturated heterocycles. The Kier molecular flexibility index (Phi) is 4.93. The van der Waals surface area contributed by atoms with Crippen molar-refractivity contribution in [2.24, 2.45) is 0 Å². The van der Waals surface area contributed by atoms with E-state index in [-0.39, 0.29) is 0 Å². The topological polar surface area (TPSA) is 52.1 Å². The summed E-state index contributed by atoms with van der Waals surface area (Å²) in [6.45, 7) is 4.00. The molecule has 0 amide bonds. The highest BCUT2D eigenvalue weighted by atomic mass is 79.9. The third-order valence-electron chi connectivity index (χ3n) is 4.44. The normalized spacial score (nSPS) is 12.3. The van der Waals surface area contributed by atoms with Gasteiger partial charge in [0.05, 0.1) is 38.5 Å². The van der Waals surface area contributed by atoms with Gasteiger partial charge in [0.1, 0.15) is 18.6 Å². The number of thiophene rings is 2. The minimum Gasteiger partial charge on any atom is -0.449 e. The molecule has 0 atom stereocenters. The molecule has 152 valence electrons. The first-order chi connectivity index (χ1) is 14.3. The average molecular weight is 730 g/mol. The number of furan rings is 2. The van der Waals surface area contributed by atoms with Crippen LogP contribution in [-0.4, -0.2) is 9.97 Å². The zero-order chi connectivity index (χ0) is 20.9. The van der Waals surface area contributed by atoms with Crippen molar-refractivity contribution in [1.82, 2.24) is 9.97 Å². The molecule has 12 heteroatoms. The lowest BCUT2D eigenvalue weighted by atomic mass is 10.4. The predicted octanol–water partition coefficient (Wildman–Crippen LogP) is 10.4. The number of hydrogen-bond donors (Lipinski definition) is 0. The van der Waals surface area contributed by atoms with Crippen molar-refractivity contribution >= 4 is 141 Å². The van der Waals surface area contributed by atoms with Gasteiger partial charge in [-0.1, -0.05) is 0 Å². The molecule has 4 nitrogen and oxygen atoms in total. The summed E-state index contributed by atoms with van der Waals surface area (Å²) in [4.78, 5) is 13.3. The van der Waals surface area contributed by atoms with E-state index < -0.39 is 0 Å². The zero-order valence-electron chi connectivity index (χ0n) is 14.9. The lowest BCUT2D eigenvalue weighted by molar-refractivity contribution is 0.651. The SMILES string of the molecule is Cc1nc(Br)c(-c2sc3c(oc4c3oc3c(Br)c(-c5sc(C)nc5Br)sc34)c2Br)s1. The summed E-state index contributed by atoms with van der Waals surface area (Å²) >= 11 is 21.2. The molecule has 6 heterocycles. The molecule has 6 aromatic heterocycles. The molecule has 6 rings (SSSR count). The van der Waals surface area contributed by atoms with Crippen LogP contribution in [0.5, 0.6) is 0 Å². The van der Waals surface area contributed by atoms with E-state index in [1.165, 1.54) is 0 Å². The van der Waals surface area contributed by atoms with Crippen molar-refractivity contribution in [3.05, 3.63) is 28.2 Å². The van der Waals surface area contributed by atoms with Crippen molar-refractivity contribution in [1.29, 1.82) is 0 Å². The molecule has 0 saturated carbocycles. The Morgan fingerprint density at radius 3 is 1.30 bits per heavy atom. The third kappa shape index (κ3) is 2.87. The van der Waals surface area contributed by atoms with Gasteiger partial charge in [-0.2, -0.15) is 0 Å². The molecule has 0 aromatic carbocycles. The Bertz CT molecular complexity index is 1510. The minimum atomic E-state index is 0.785. The summed E-state index contributed by atoms with van der Waals surface area (Å²) in [6, 6.07) is 0. The number of fused-ring (bicyclic) bond motifs is 5. The molecule has 30 heavy (non-hydrogen) atoms. The summed E-state index contributed by atoms with van der Waals surface area (Å²) in [5.74, 6) is 0.